The molecule has 0 bridgehead atoms. The van der Waals surface area contributed by atoms with Gasteiger partial charge in [-0.15, -0.1) is 0 Å². The molecule has 0 aromatic carbocycles. The first kappa shape index (κ1) is 13.5. The van der Waals surface area contributed by atoms with Crippen molar-refractivity contribution in [2.45, 2.75) is 6.54 Å². The molecule has 0 fully saturated rings. The molecule has 0 N–H and O–H groups in total. The van der Waals surface area contributed by atoms with Crippen molar-refractivity contribution in [1.82, 2.24) is 15.1 Å². The Hall–Kier alpha value is -1.97. The Balaban J connectivity index is 1.99. The van der Waals surface area contributed by atoms with Crippen molar-refractivity contribution in [1.29, 1.82) is 0 Å². The van der Waals surface area contributed by atoms with Crippen LogP contribution in [0.1, 0.15) is 0 Å². The molecular weight excluding hydrogens is 272 g/mol. The van der Waals surface area contributed by atoms with E-state index >= 15 is 0 Å². The van der Waals surface area contributed by atoms with Crippen LogP contribution >= 0.6 is 0 Å². The highest BCUT2D eigenvalue weighted by molar-refractivity contribution is 7.80. The standard InChI is InChI=1S/C10H10N4O4S/c15-19(16,17)18-7-6-14-5-2-9(8-13-14)10-11-3-1-4-12-10/h1-5,8H,6-7H2. The number of rotatable bonds is 5. The van der Waals surface area contributed by atoms with Crippen LogP contribution in [-0.2, 0) is 21.1 Å². The zero-order valence-electron chi connectivity index (χ0n) is 9.71. The van der Waals surface area contributed by atoms with Gasteiger partial charge in [-0.05, 0) is 11.2 Å². The van der Waals surface area contributed by atoms with Crippen LogP contribution in [0.15, 0.2) is 36.9 Å². The van der Waals surface area contributed by atoms with Crippen molar-refractivity contribution < 1.29 is 21.8 Å². The fourth-order valence-corrected chi connectivity index (χ4v) is 1.61. The maximum Gasteiger partial charge on any atom is 0.217 e. The summed E-state index contributed by atoms with van der Waals surface area (Å²) in [5, 5.41) is 4.03. The van der Waals surface area contributed by atoms with E-state index in [0.29, 0.717) is 5.82 Å². The summed E-state index contributed by atoms with van der Waals surface area (Å²) in [6, 6.07) is 3.44. The van der Waals surface area contributed by atoms with Gasteiger partial charge in [-0.3, -0.25) is 4.18 Å². The van der Waals surface area contributed by atoms with E-state index in [4.69, 9.17) is 0 Å². The molecule has 0 atom stereocenters. The highest BCUT2D eigenvalue weighted by atomic mass is 32.3. The lowest BCUT2D eigenvalue weighted by atomic mass is 10.3. The second-order valence-corrected chi connectivity index (χ2v) is 4.53. The molecule has 0 aliphatic carbocycles. The van der Waals surface area contributed by atoms with Crippen LogP contribution in [0.2, 0.25) is 0 Å². The first-order valence-electron chi connectivity index (χ1n) is 5.28. The van der Waals surface area contributed by atoms with Crippen LogP contribution in [0.25, 0.3) is 11.4 Å². The first-order chi connectivity index (χ1) is 9.04. The molecule has 0 amide bonds. The van der Waals surface area contributed by atoms with Gasteiger partial charge in [0.15, 0.2) is 18.6 Å². The summed E-state index contributed by atoms with van der Waals surface area (Å²) in [7, 11) is -4.66. The zero-order valence-corrected chi connectivity index (χ0v) is 10.5. The number of nitrogens with zero attached hydrogens (tertiary/aromatic N) is 4. The first-order valence-corrected chi connectivity index (χ1v) is 6.61. The highest BCUT2D eigenvalue weighted by Gasteiger charge is 2.07. The lowest BCUT2D eigenvalue weighted by Crippen LogP contribution is -2.39. The van der Waals surface area contributed by atoms with Gasteiger partial charge >= 0.3 is 0 Å². The van der Waals surface area contributed by atoms with Crippen LogP contribution in [-0.4, -0.2) is 34.6 Å². The summed E-state index contributed by atoms with van der Waals surface area (Å²) >= 11 is 0. The van der Waals surface area contributed by atoms with E-state index in [9.17, 15) is 13.0 Å². The highest BCUT2D eigenvalue weighted by Crippen LogP contribution is 2.08. The van der Waals surface area contributed by atoms with Crippen molar-refractivity contribution in [3.8, 4) is 11.4 Å². The molecule has 2 heterocycles. The summed E-state index contributed by atoms with van der Waals surface area (Å²) in [4.78, 5) is 8.13. The molecule has 2 rings (SSSR count). The molecule has 0 aliphatic rings. The summed E-state index contributed by atoms with van der Waals surface area (Å²) in [5.41, 5.74) is 0.731. The molecule has 8 nitrogen and oxygen atoms in total. The normalized spacial score (nSPS) is 11.4. The average Bonchev–Trinajstić information content (AvgIpc) is 2.39. The SMILES string of the molecule is O=S(=O)([O-])OCC[n+]1ccc(-c2ncccn2)cn1. The molecule has 2 aromatic rings. The maximum atomic E-state index is 10.2. The molecule has 0 radical (unpaired) electrons. The Morgan fingerprint density at radius 2 is 2.05 bits per heavy atom. The predicted octanol–water partition coefficient (Wildman–Crippen LogP) is -0.697. The predicted molar refractivity (Wildman–Crippen MR) is 61.1 cm³/mol. The van der Waals surface area contributed by atoms with Crippen molar-refractivity contribution in [3.63, 3.8) is 0 Å². The van der Waals surface area contributed by atoms with Gasteiger partial charge in [-0.25, -0.2) is 18.4 Å². The van der Waals surface area contributed by atoms with Gasteiger partial charge in [0.25, 0.3) is 0 Å². The van der Waals surface area contributed by atoms with E-state index in [1.165, 1.54) is 4.68 Å². The molecule has 19 heavy (non-hydrogen) atoms. The Labute approximate surface area is 109 Å². The van der Waals surface area contributed by atoms with E-state index in [1.54, 1.807) is 36.9 Å². The van der Waals surface area contributed by atoms with Crippen LogP contribution in [0.3, 0.4) is 0 Å². The quantitative estimate of drug-likeness (QED) is 0.405. The average molecular weight is 282 g/mol. The second-order valence-electron chi connectivity index (χ2n) is 3.48. The van der Waals surface area contributed by atoms with E-state index in [1.807, 2.05) is 0 Å². The maximum absolute atomic E-state index is 10.2. The summed E-state index contributed by atoms with van der Waals surface area (Å²) < 4.78 is 36.2. The van der Waals surface area contributed by atoms with Gasteiger partial charge in [-0.2, -0.15) is 0 Å². The van der Waals surface area contributed by atoms with Gasteiger partial charge < -0.3 is 4.55 Å². The molecule has 2 aromatic heterocycles. The van der Waals surface area contributed by atoms with Crippen molar-refractivity contribution in [3.05, 3.63) is 36.9 Å². The van der Waals surface area contributed by atoms with E-state index in [-0.39, 0.29) is 13.2 Å². The second kappa shape index (κ2) is 5.78. The smallest absolute Gasteiger partial charge is 0.217 e. The third kappa shape index (κ3) is 4.32. The number of hydrogen-bond donors (Lipinski definition) is 0. The summed E-state index contributed by atoms with van der Waals surface area (Å²) in [6.45, 7) is -0.109. The Morgan fingerprint density at radius 1 is 1.32 bits per heavy atom. The van der Waals surface area contributed by atoms with Crippen LogP contribution in [0.5, 0.6) is 0 Å². The minimum atomic E-state index is -4.66. The molecular formula is C10H10N4O4S. The van der Waals surface area contributed by atoms with Gasteiger partial charge in [0.1, 0.15) is 12.8 Å². The fourth-order valence-electron chi connectivity index (χ4n) is 1.33. The third-order valence-electron chi connectivity index (χ3n) is 2.14. The Kier molecular flexibility index (Phi) is 4.10. The van der Waals surface area contributed by atoms with Crippen LogP contribution in [0.4, 0.5) is 0 Å². The van der Waals surface area contributed by atoms with Crippen molar-refractivity contribution in [2.75, 3.05) is 6.61 Å². The molecule has 100 valence electrons. The summed E-state index contributed by atoms with van der Waals surface area (Å²) in [5.74, 6) is 0.542. The molecule has 0 spiro atoms. The molecule has 0 unspecified atom stereocenters. The van der Waals surface area contributed by atoms with Crippen LogP contribution < -0.4 is 4.68 Å². The minimum Gasteiger partial charge on any atom is -0.726 e. The Morgan fingerprint density at radius 3 is 2.63 bits per heavy atom. The third-order valence-corrected chi connectivity index (χ3v) is 2.60. The lowest BCUT2D eigenvalue weighted by Gasteiger charge is -2.04. The number of aromatic nitrogens is 4. The molecule has 9 heteroatoms. The zero-order chi connectivity index (χ0) is 13.7. The van der Waals surface area contributed by atoms with Gasteiger partial charge in [0.2, 0.25) is 10.4 Å². The van der Waals surface area contributed by atoms with Crippen LogP contribution in [0, 0.1) is 0 Å². The minimum absolute atomic E-state index is 0.150. The largest absolute Gasteiger partial charge is 0.726 e. The molecule has 0 saturated heterocycles. The lowest BCUT2D eigenvalue weighted by molar-refractivity contribution is -0.754. The Bertz CT molecular complexity index is 630. The van der Waals surface area contributed by atoms with Gasteiger partial charge in [0.05, 0.1) is 0 Å². The van der Waals surface area contributed by atoms with E-state index in [0.717, 1.165) is 5.56 Å². The van der Waals surface area contributed by atoms with E-state index < -0.39 is 10.4 Å². The van der Waals surface area contributed by atoms with Crippen molar-refractivity contribution >= 4 is 10.4 Å². The topological polar surface area (TPSA) is 109 Å². The van der Waals surface area contributed by atoms with E-state index in [2.05, 4.69) is 19.2 Å². The summed E-state index contributed by atoms with van der Waals surface area (Å²) in [6.07, 6.45) is 6.40. The number of hydrogen-bond acceptors (Lipinski definition) is 7. The molecule has 0 aliphatic heterocycles. The fraction of sp³-hybridized carbons (Fsp3) is 0.200. The van der Waals surface area contributed by atoms with Crippen molar-refractivity contribution in [2.24, 2.45) is 0 Å². The van der Waals surface area contributed by atoms with Gasteiger partial charge in [-0.1, -0.05) is 4.68 Å². The molecule has 0 saturated carbocycles. The monoisotopic (exact) mass is 282 g/mol. The van der Waals surface area contributed by atoms with Gasteiger partial charge in [0, 0.05) is 24.0 Å².